The lowest BCUT2D eigenvalue weighted by atomic mass is 9.95. The largest absolute Gasteiger partial charge is 0.351 e. The van der Waals surface area contributed by atoms with Gasteiger partial charge in [0.05, 0.1) is 6.04 Å². The number of aromatic nitrogens is 1. The topological polar surface area (TPSA) is 37.0 Å². The van der Waals surface area contributed by atoms with E-state index < -0.39 is 0 Å². The molecular weight excluding hydrogens is 326 g/mol. The first-order valence-corrected chi connectivity index (χ1v) is 8.66. The van der Waals surface area contributed by atoms with E-state index in [1.807, 2.05) is 49.4 Å². The molecule has 0 fully saturated rings. The van der Waals surface area contributed by atoms with Gasteiger partial charge in [0.15, 0.2) is 5.11 Å². The minimum absolute atomic E-state index is 0.0211. The first kappa shape index (κ1) is 17.1. The lowest BCUT2D eigenvalue weighted by Crippen LogP contribution is -2.33. The summed E-state index contributed by atoms with van der Waals surface area (Å²) in [6.45, 7) is 4.08. The van der Waals surface area contributed by atoms with Crippen molar-refractivity contribution in [2.75, 3.05) is 5.32 Å². The third-order valence-electron chi connectivity index (χ3n) is 4.04. The molecular formula is C21H21N3S. The third-order valence-corrected chi connectivity index (χ3v) is 4.26. The molecule has 0 amide bonds. The molecule has 3 nitrogen and oxygen atoms in total. The SMILES string of the molecule is Cc1cccc(NC(=S)N[C@@H](c2ccccc2)c2ccccc2C)n1. The Labute approximate surface area is 154 Å². The van der Waals surface area contributed by atoms with Gasteiger partial charge in [-0.05, 0) is 54.9 Å². The van der Waals surface area contributed by atoms with Crippen LogP contribution in [0.4, 0.5) is 5.82 Å². The van der Waals surface area contributed by atoms with Crippen molar-refractivity contribution in [1.29, 1.82) is 0 Å². The van der Waals surface area contributed by atoms with E-state index in [-0.39, 0.29) is 6.04 Å². The zero-order valence-electron chi connectivity index (χ0n) is 14.4. The van der Waals surface area contributed by atoms with Crippen molar-refractivity contribution in [3.05, 3.63) is 95.2 Å². The van der Waals surface area contributed by atoms with Crippen LogP contribution in [0, 0.1) is 13.8 Å². The predicted molar refractivity (Wildman–Crippen MR) is 108 cm³/mol. The summed E-state index contributed by atoms with van der Waals surface area (Å²) < 4.78 is 0. The smallest absolute Gasteiger partial charge is 0.172 e. The van der Waals surface area contributed by atoms with Gasteiger partial charge in [-0.15, -0.1) is 0 Å². The van der Waals surface area contributed by atoms with Crippen molar-refractivity contribution in [3.63, 3.8) is 0 Å². The van der Waals surface area contributed by atoms with Gasteiger partial charge in [-0.2, -0.15) is 0 Å². The zero-order chi connectivity index (χ0) is 17.6. The van der Waals surface area contributed by atoms with E-state index in [1.54, 1.807) is 0 Å². The van der Waals surface area contributed by atoms with Crippen LogP contribution in [0.15, 0.2) is 72.8 Å². The highest BCUT2D eigenvalue weighted by Crippen LogP contribution is 2.25. The Morgan fingerprint density at radius 3 is 2.32 bits per heavy atom. The second-order valence-corrected chi connectivity index (χ2v) is 6.37. The molecule has 0 aliphatic heterocycles. The van der Waals surface area contributed by atoms with Gasteiger partial charge in [0, 0.05) is 5.69 Å². The summed E-state index contributed by atoms with van der Waals surface area (Å²) in [6, 6.07) is 24.5. The molecule has 0 aliphatic carbocycles. The average Bonchev–Trinajstić information content (AvgIpc) is 2.61. The van der Waals surface area contributed by atoms with Crippen molar-refractivity contribution in [3.8, 4) is 0 Å². The lowest BCUT2D eigenvalue weighted by molar-refractivity contribution is 0.762. The monoisotopic (exact) mass is 347 g/mol. The van der Waals surface area contributed by atoms with Gasteiger partial charge >= 0.3 is 0 Å². The second kappa shape index (κ2) is 7.90. The van der Waals surface area contributed by atoms with Gasteiger partial charge in [0.1, 0.15) is 5.82 Å². The summed E-state index contributed by atoms with van der Waals surface area (Å²) in [7, 11) is 0. The molecule has 0 saturated heterocycles. The maximum Gasteiger partial charge on any atom is 0.172 e. The van der Waals surface area contributed by atoms with E-state index in [4.69, 9.17) is 12.2 Å². The van der Waals surface area contributed by atoms with Gasteiger partial charge in [-0.3, -0.25) is 0 Å². The van der Waals surface area contributed by atoms with Crippen LogP contribution in [-0.2, 0) is 0 Å². The number of thiocarbonyl (C=S) groups is 1. The Morgan fingerprint density at radius 2 is 1.60 bits per heavy atom. The van der Waals surface area contributed by atoms with Crippen LogP contribution in [0.1, 0.15) is 28.4 Å². The highest BCUT2D eigenvalue weighted by Gasteiger charge is 2.17. The molecule has 0 aliphatic rings. The van der Waals surface area contributed by atoms with Crippen LogP contribution in [0.25, 0.3) is 0 Å². The molecule has 25 heavy (non-hydrogen) atoms. The molecule has 1 aromatic heterocycles. The first-order chi connectivity index (χ1) is 12.1. The van der Waals surface area contributed by atoms with E-state index in [1.165, 1.54) is 11.1 Å². The number of pyridine rings is 1. The molecule has 1 atom stereocenters. The molecule has 0 radical (unpaired) electrons. The van der Waals surface area contributed by atoms with Crippen molar-refractivity contribution < 1.29 is 0 Å². The number of benzene rings is 2. The van der Waals surface area contributed by atoms with Crippen molar-refractivity contribution >= 4 is 23.1 Å². The molecule has 4 heteroatoms. The highest BCUT2D eigenvalue weighted by atomic mass is 32.1. The third kappa shape index (κ3) is 4.43. The van der Waals surface area contributed by atoms with Crippen LogP contribution in [0.2, 0.25) is 0 Å². The fourth-order valence-electron chi connectivity index (χ4n) is 2.79. The number of nitrogens with zero attached hydrogens (tertiary/aromatic N) is 1. The summed E-state index contributed by atoms with van der Waals surface area (Å²) >= 11 is 5.54. The standard InChI is InChI=1S/C21H21N3S/c1-15-9-6-7-13-18(15)20(17-11-4-3-5-12-17)24-21(25)23-19-14-8-10-16(2)22-19/h3-14,20H,1-2H3,(H2,22,23,24,25)/t20-/m0/s1. The van der Waals surface area contributed by atoms with E-state index in [9.17, 15) is 0 Å². The molecule has 3 aromatic rings. The van der Waals surface area contributed by atoms with Gasteiger partial charge < -0.3 is 10.6 Å². The number of aryl methyl sites for hydroxylation is 2. The number of hydrogen-bond donors (Lipinski definition) is 2. The number of nitrogens with one attached hydrogen (secondary N) is 2. The summed E-state index contributed by atoms with van der Waals surface area (Å²) in [5.74, 6) is 0.745. The van der Waals surface area contributed by atoms with Gasteiger partial charge in [-0.1, -0.05) is 60.7 Å². The summed E-state index contributed by atoms with van der Waals surface area (Å²) in [5, 5.41) is 7.17. The molecule has 2 N–H and O–H groups in total. The van der Waals surface area contributed by atoms with Crippen molar-refractivity contribution in [2.24, 2.45) is 0 Å². The molecule has 0 saturated carbocycles. The van der Waals surface area contributed by atoms with Crippen LogP contribution in [0.5, 0.6) is 0 Å². The fraction of sp³-hybridized carbons (Fsp3) is 0.143. The quantitative estimate of drug-likeness (QED) is 0.666. The zero-order valence-corrected chi connectivity index (χ0v) is 15.2. The molecule has 1 heterocycles. The minimum Gasteiger partial charge on any atom is -0.351 e. The maximum atomic E-state index is 5.54. The number of hydrogen-bond acceptors (Lipinski definition) is 2. The summed E-state index contributed by atoms with van der Waals surface area (Å²) in [6.07, 6.45) is 0. The van der Waals surface area contributed by atoms with Gasteiger partial charge in [0.2, 0.25) is 0 Å². The Bertz CT molecular complexity index is 862. The summed E-state index contributed by atoms with van der Waals surface area (Å²) in [5.41, 5.74) is 4.54. The number of anilines is 1. The van der Waals surface area contributed by atoms with Crippen LogP contribution < -0.4 is 10.6 Å². The van der Waals surface area contributed by atoms with E-state index in [0.29, 0.717) is 5.11 Å². The molecule has 126 valence electrons. The maximum absolute atomic E-state index is 5.54. The highest BCUT2D eigenvalue weighted by molar-refractivity contribution is 7.80. The average molecular weight is 347 g/mol. The normalized spacial score (nSPS) is 11.6. The Morgan fingerprint density at radius 1 is 0.880 bits per heavy atom. The summed E-state index contributed by atoms with van der Waals surface area (Å²) in [4.78, 5) is 4.44. The molecule has 0 bridgehead atoms. The minimum atomic E-state index is -0.0211. The Hall–Kier alpha value is -2.72. The first-order valence-electron chi connectivity index (χ1n) is 8.25. The second-order valence-electron chi connectivity index (χ2n) is 5.96. The number of rotatable bonds is 4. The molecule has 2 aromatic carbocycles. The van der Waals surface area contributed by atoms with Crippen molar-refractivity contribution in [2.45, 2.75) is 19.9 Å². The predicted octanol–water partition coefficient (Wildman–Crippen LogP) is 4.77. The Kier molecular flexibility index (Phi) is 5.41. The van der Waals surface area contributed by atoms with E-state index in [0.717, 1.165) is 17.1 Å². The van der Waals surface area contributed by atoms with Gasteiger partial charge in [0.25, 0.3) is 0 Å². The molecule has 0 spiro atoms. The fourth-order valence-corrected chi connectivity index (χ4v) is 3.02. The Balaban J connectivity index is 1.85. The lowest BCUT2D eigenvalue weighted by Gasteiger charge is -2.23. The van der Waals surface area contributed by atoms with Crippen LogP contribution in [-0.4, -0.2) is 10.1 Å². The van der Waals surface area contributed by atoms with Crippen LogP contribution in [0.3, 0.4) is 0 Å². The van der Waals surface area contributed by atoms with Crippen LogP contribution >= 0.6 is 12.2 Å². The molecule has 3 rings (SSSR count). The van der Waals surface area contributed by atoms with E-state index >= 15 is 0 Å². The van der Waals surface area contributed by atoms with Gasteiger partial charge in [-0.25, -0.2) is 4.98 Å². The molecule has 0 unspecified atom stereocenters. The van der Waals surface area contributed by atoms with Crippen molar-refractivity contribution in [1.82, 2.24) is 10.3 Å². The van der Waals surface area contributed by atoms with E-state index in [2.05, 4.69) is 52.9 Å².